The van der Waals surface area contributed by atoms with Crippen LogP contribution in [0.3, 0.4) is 0 Å². The maximum Gasteiger partial charge on any atom is 0.102 e. The molecule has 0 spiro atoms. The minimum atomic E-state index is 0.400. The maximum absolute atomic E-state index is 5.46. The summed E-state index contributed by atoms with van der Waals surface area (Å²) in [5.74, 6) is 0. The van der Waals surface area contributed by atoms with E-state index in [0.29, 0.717) is 4.49 Å². The molecule has 0 N–H and O–H groups in total. The lowest BCUT2D eigenvalue weighted by Crippen LogP contribution is -1.77. The second kappa shape index (κ2) is 9.41. The molecule has 0 aliphatic heterocycles. The average Bonchev–Trinajstić information content (AvgIpc) is 2.02. The zero-order chi connectivity index (χ0) is 9.23. The van der Waals surface area contributed by atoms with E-state index in [1.54, 1.807) is 0 Å². The molecule has 2 heteroatoms. The van der Waals surface area contributed by atoms with Crippen LogP contribution in [0.2, 0.25) is 0 Å². The number of hydrogen-bond donors (Lipinski definition) is 0. The predicted molar refractivity (Wildman–Crippen MR) is 57.5 cm³/mol. The van der Waals surface area contributed by atoms with Gasteiger partial charge in [-0.05, 0) is 19.3 Å². The van der Waals surface area contributed by atoms with Crippen LogP contribution < -0.4 is 0 Å². The molecule has 0 aliphatic rings. The van der Waals surface area contributed by atoms with Crippen molar-refractivity contribution in [1.29, 1.82) is 0 Å². The third kappa shape index (κ3) is 10.3. The summed E-state index contributed by atoms with van der Waals surface area (Å²) in [5.41, 5.74) is 0. The topological polar surface area (TPSA) is 0 Å². The molecule has 0 atom stereocenters. The van der Waals surface area contributed by atoms with Gasteiger partial charge in [-0.25, -0.2) is 0 Å². The number of rotatable bonds is 7. The average molecular weight is 208 g/mol. The molecule has 0 heterocycles. The normalized spacial score (nSPS) is 9.92. The molecule has 0 bridgehead atoms. The zero-order valence-electron chi connectivity index (χ0n) is 7.65. The van der Waals surface area contributed by atoms with Crippen molar-refractivity contribution in [2.75, 3.05) is 0 Å². The van der Waals surface area contributed by atoms with E-state index < -0.39 is 0 Å². The summed E-state index contributed by atoms with van der Waals surface area (Å²) in [5, 5.41) is 0. The lowest BCUT2D eigenvalue weighted by Gasteiger charge is -1.97. The molecule has 71 valence electrons. The van der Waals surface area contributed by atoms with E-state index in [1.807, 2.05) is 6.08 Å². The Bertz CT molecular complexity index is 115. The van der Waals surface area contributed by atoms with Gasteiger partial charge in [0.2, 0.25) is 0 Å². The van der Waals surface area contributed by atoms with Crippen molar-refractivity contribution >= 4 is 23.2 Å². The first kappa shape index (κ1) is 12.3. The van der Waals surface area contributed by atoms with Gasteiger partial charge < -0.3 is 0 Å². The fourth-order valence-corrected chi connectivity index (χ4v) is 1.28. The van der Waals surface area contributed by atoms with Gasteiger partial charge >= 0.3 is 0 Å². The number of hydrogen-bond acceptors (Lipinski definition) is 0. The first-order valence-corrected chi connectivity index (χ1v) is 5.32. The third-order valence-corrected chi connectivity index (χ3v) is 2.05. The molecule has 0 aliphatic carbocycles. The fourth-order valence-electron chi connectivity index (χ4n) is 1.06. The maximum atomic E-state index is 5.46. The second-order valence-corrected chi connectivity index (χ2v) is 3.90. The van der Waals surface area contributed by atoms with Gasteiger partial charge in [0.1, 0.15) is 4.49 Å². The highest BCUT2D eigenvalue weighted by Gasteiger charge is 1.89. The molecular formula is C10H17Cl2. The Morgan fingerprint density at radius 2 is 1.58 bits per heavy atom. The molecule has 12 heavy (non-hydrogen) atoms. The second-order valence-electron chi connectivity index (χ2n) is 2.89. The van der Waals surface area contributed by atoms with E-state index in [4.69, 9.17) is 23.2 Å². The van der Waals surface area contributed by atoms with Gasteiger partial charge in [0.05, 0.1) is 0 Å². The van der Waals surface area contributed by atoms with Crippen LogP contribution in [-0.2, 0) is 0 Å². The van der Waals surface area contributed by atoms with Gasteiger partial charge in [-0.15, -0.1) is 0 Å². The highest BCUT2D eigenvalue weighted by atomic mass is 35.5. The molecular weight excluding hydrogens is 191 g/mol. The van der Waals surface area contributed by atoms with Crippen LogP contribution in [0.5, 0.6) is 0 Å². The van der Waals surface area contributed by atoms with Gasteiger partial charge in [0.15, 0.2) is 0 Å². The molecule has 0 aromatic rings. The Morgan fingerprint density at radius 3 is 2.08 bits per heavy atom. The molecule has 0 nitrogen and oxygen atoms in total. The SMILES string of the molecule is C[CH]CCCCCCC=C(Cl)Cl. The minimum absolute atomic E-state index is 0.400. The Morgan fingerprint density at radius 1 is 1.00 bits per heavy atom. The standard InChI is InChI=1S/C10H17Cl2/c1-2-3-4-5-6-7-8-9-10(11)12/h2,9H,3-8H2,1H3. The van der Waals surface area contributed by atoms with Crippen LogP contribution >= 0.6 is 23.2 Å². The molecule has 0 saturated heterocycles. The smallest absolute Gasteiger partial charge is 0.0713 e. The summed E-state index contributed by atoms with van der Waals surface area (Å²) in [6.45, 7) is 2.11. The van der Waals surface area contributed by atoms with Crippen molar-refractivity contribution in [2.24, 2.45) is 0 Å². The Kier molecular flexibility index (Phi) is 9.66. The molecule has 0 fully saturated rings. The van der Waals surface area contributed by atoms with E-state index >= 15 is 0 Å². The van der Waals surface area contributed by atoms with E-state index in [1.165, 1.54) is 32.1 Å². The van der Waals surface area contributed by atoms with E-state index in [-0.39, 0.29) is 0 Å². The molecule has 0 rings (SSSR count). The van der Waals surface area contributed by atoms with Crippen LogP contribution in [0, 0.1) is 6.42 Å². The summed E-state index contributed by atoms with van der Waals surface area (Å²) < 4.78 is 0.400. The fraction of sp³-hybridized carbons (Fsp3) is 0.700. The number of unbranched alkanes of at least 4 members (excludes halogenated alkanes) is 6. The van der Waals surface area contributed by atoms with E-state index in [9.17, 15) is 0 Å². The summed E-state index contributed by atoms with van der Waals surface area (Å²) in [6.07, 6.45) is 11.5. The molecule has 0 aromatic heterocycles. The Labute approximate surface area is 85.9 Å². The van der Waals surface area contributed by atoms with Crippen molar-refractivity contribution < 1.29 is 0 Å². The van der Waals surface area contributed by atoms with Crippen molar-refractivity contribution in [3.8, 4) is 0 Å². The molecule has 1 radical (unpaired) electrons. The Hall–Kier alpha value is 0.320. The lowest BCUT2D eigenvalue weighted by molar-refractivity contribution is 0.643. The minimum Gasteiger partial charge on any atom is -0.0713 e. The quantitative estimate of drug-likeness (QED) is 0.523. The van der Waals surface area contributed by atoms with Gasteiger partial charge in [-0.3, -0.25) is 0 Å². The van der Waals surface area contributed by atoms with Gasteiger partial charge in [-0.1, -0.05) is 61.9 Å². The van der Waals surface area contributed by atoms with E-state index in [0.717, 1.165) is 6.42 Å². The van der Waals surface area contributed by atoms with Crippen LogP contribution in [0.15, 0.2) is 10.6 Å². The van der Waals surface area contributed by atoms with Crippen molar-refractivity contribution in [1.82, 2.24) is 0 Å². The third-order valence-electron chi connectivity index (χ3n) is 1.75. The van der Waals surface area contributed by atoms with Crippen LogP contribution in [0.4, 0.5) is 0 Å². The predicted octanol–water partition coefficient (Wildman–Crippen LogP) is 4.87. The summed E-state index contributed by atoms with van der Waals surface area (Å²) >= 11 is 10.9. The molecule has 0 aromatic carbocycles. The van der Waals surface area contributed by atoms with Crippen LogP contribution in [-0.4, -0.2) is 0 Å². The zero-order valence-corrected chi connectivity index (χ0v) is 9.17. The molecule has 0 unspecified atom stereocenters. The highest BCUT2D eigenvalue weighted by molar-refractivity contribution is 6.55. The lowest BCUT2D eigenvalue weighted by atomic mass is 10.1. The summed E-state index contributed by atoms with van der Waals surface area (Å²) in [6, 6.07) is 0. The molecule has 0 saturated carbocycles. The van der Waals surface area contributed by atoms with Crippen molar-refractivity contribution in [3.05, 3.63) is 17.0 Å². The summed E-state index contributed by atoms with van der Waals surface area (Å²) in [4.78, 5) is 0. The monoisotopic (exact) mass is 207 g/mol. The van der Waals surface area contributed by atoms with Gasteiger partial charge in [-0.2, -0.15) is 0 Å². The summed E-state index contributed by atoms with van der Waals surface area (Å²) in [7, 11) is 0. The largest absolute Gasteiger partial charge is 0.102 e. The van der Waals surface area contributed by atoms with Crippen molar-refractivity contribution in [3.63, 3.8) is 0 Å². The Balaban J connectivity index is 2.96. The number of halogens is 2. The van der Waals surface area contributed by atoms with Crippen molar-refractivity contribution in [2.45, 2.75) is 45.4 Å². The highest BCUT2D eigenvalue weighted by Crippen LogP contribution is 2.11. The van der Waals surface area contributed by atoms with Gasteiger partial charge in [0, 0.05) is 0 Å². The van der Waals surface area contributed by atoms with Gasteiger partial charge in [0.25, 0.3) is 0 Å². The first-order chi connectivity index (χ1) is 5.77. The van der Waals surface area contributed by atoms with Crippen LogP contribution in [0.25, 0.3) is 0 Å². The number of allylic oxidation sites excluding steroid dienone is 1. The van der Waals surface area contributed by atoms with Crippen LogP contribution in [0.1, 0.15) is 45.4 Å². The van der Waals surface area contributed by atoms with E-state index in [2.05, 4.69) is 13.3 Å². The first-order valence-electron chi connectivity index (χ1n) is 4.56. The molecule has 0 amide bonds.